The van der Waals surface area contributed by atoms with Gasteiger partial charge in [0.1, 0.15) is 0 Å². The highest BCUT2D eigenvalue weighted by Gasteiger charge is 2.16. The van der Waals surface area contributed by atoms with Crippen LogP contribution in [0.15, 0.2) is 18.2 Å². The predicted octanol–water partition coefficient (Wildman–Crippen LogP) is 3.84. The Bertz CT molecular complexity index is 308. The highest BCUT2D eigenvalue weighted by Crippen LogP contribution is 2.29. The van der Waals surface area contributed by atoms with Crippen molar-refractivity contribution >= 4 is 35.6 Å². The first-order chi connectivity index (χ1) is 6.27. The van der Waals surface area contributed by atoms with Gasteiger partial charge in [-0.05, 0) is 37.1 Å². The summed E-state index contributed by atoms with van der Waals surface area (Å²) in [5.41, 5.74) is 1.24. The van der Waals surface area contributed by atoms with Crippen LogP contribution in [0, 0.1) is 0 Å². The highest BCUT2D eigenvalue weighted by molar-refractivity contribution is 6.42. The molecule has 1 aromatic carbocycles. The molecule has 78 valence electrons. The van der Waals surface area contributed by atoms with Gasteiger partial charge in [0, 0.05) is 6.04 Å². The minimum Gasteiger partial charge on any atom is -0.310 e. The van der Waals surface area contributed by atoms with E-state index in [1.807, 2.05) is 18.2 Å². The number of nitrogens with one attached hydrogen (secondary N) is 1. The minimum absolute atomic E-state index is 0. The average molecular weight is 253 g/mol. The van der Waals surface area contributed by atoms with Crippen LogP contribution in [0.1, 0.15) is 24.4 Å². The Labute approximate surface area is 100 Å². The van der Waals surface area contributed by atoms with Crippen LogP contribution >= 0.6 is 35.6 Å². The van der Waals surface area contributed by atoms with E-state index in [-0.39, 0.29) is 12.4 Å². The molecule has 0 aliphatic carbocycles. The van der Waals surface area contributed by atoms with Crippen molar-refractivity contribution in [1.29, 1.82) is 0 Å². The Kier molecular flexibility index (Phi) is 4.52. The Morgan fingerprint density at radius 3 is 2.57 bits per heavy atom. The van der Waals surface area contributed by atoms with Gasteiger partial charge in [0.15, 0.2) is 0 Å². The minimum atomic E-state index is 0. The Balaban J connectivity index is 0.000000980. The Morgan fingerprint density at radius 2 is 2.00 bits per heavy atom. The maximum atomic E-state index is 5.93. The van der Waals surface area contributed by atoms with E-state index in [0.29, 0.717) is 16.1 Å². The number of halogens is 3. The number of hydrogen-bond acceptors (Lipinski definition) is 1. The zero-order valence-corrected chi connectivity index (χ0v) is 9.92. The molecule has 0 bridgehead atoms. The monoisotopic (exact) mass is 251 g/mol. The van der Waals surface area contributed by atoms with Crippen LogP contribution in [-0.2, 0) is 0 Å². The van der Waals surface area contributed by atoms with Gasteiger partial charge in [-0.1, -0.05) is 29.3 Å². The van der Waals surface area contributed by atoms with Crippen LogP contribution in [0.5, 0.6) is 0 Å². The van der Waals surface area contributed by atoms with Gasteiger partial charge in [-0.15, -0.1) is 12.4 Å². The van der Waals surface area contributed by atoms with E-state index in [1.54, 1.807) is 0 Å². The zero-order valence-electron chi connectivity index (χ0n) is 7.59. The summed E-state index contributed by atoms with van der Waals surface area (Å²) in [7, 11) is 0. The van der Waals surface area contributed by atoms with Crippen molar-refractivity contribution in [2.75, 3.05) is 6.54 Å². The van der Waals surface area contributed by atoms with Gasteiger partial charge in [-0.2, -0.15) is 0 Å². The third-order valence-electron chi connectivity index (χ3n) is 2.41. The molecule has 1 aliphatic rings. The van der Waals surface area contributed by atoms with Crippen molar-refractivity contribution < 1.29 is 0 Å². The van der Waals surface area contributed by atoms with Crippen LogP contribution in [0.2, 0.25) is 10.0 Å². The summed E-state index contributed by atoms with van der Waals surface area (Å²) in [6, 6.07) is 6.32. The maximum absolute atomic E-state index is 5.93. The lowest BCUT2D eigenvalue weighted by molar-refractivity contribution is 0.648. The summed E-state index contributed by atoms with van der Waals surface area (Å²) >= 11 is 11.8. The number of rotatable bonds is 1. The molecule has 1 N–H and O–H groups in total. The molecule has 0 spiro atoms. The van der Waals surface area contributed by atoms with Crippen molar-refractivity contribution in [3.8, 4) is 0 Å². The van der Waals surface area contributed by atoms with Gasteiger partial charge >= 0.3 is 0 Å². The van der Waals surface area contributed by atoms with Crippen LogP contribution in [0.3, 0.4) is 0 Å². The molecule has 4 heteroatoms. The second kappa shape index (κ2) is 5.22. The van der Waals surface area contributed by atoms with Gasteiger partial charge in [0.25, 0.3) is 0 Å². The van der Waals surface area contributed by atoms with Crippen LogP contribution < -0.4 is 5.32 Å². The second-order valence-electron chi connectivity index (χ2n) is 3.32. The molecule has 1 saturated heterocycles. The topological polar surface area (TPSA) is 12.0 Å². The molecule has 1 aliphatic heterocycles. The molecule has 14 heavy (non-hydrogen) atoms. The summed E-state index contributed by atoms with van der Waals surface area (Å²) in [5.74, 6) is 0. The molecule has 0 radical (unpaired) electrons. The van der Waals surface area contributed by atoms with Crippen LogP contribution in [-0.4, -0.2) is 6.54 Å². The summed E-state index contributed by atoms with van der Waals surface area (Å²) in [5, 5.41) is 4.69. The summed E-state index contributed by atoms with van der Waals surface area (Å²) < 4.78 is 0. The maximum Gasteiger partial charge on any atom is 0.0595 e. The summed E-state index contributed by atoms with van der Waals surface area (Å²) in [4.78, 5) is 0. The van der Waals surface area contributed by atoms with Crippen LogP contribution in [0.4, 0.5) is 0 Å². The van der Waals surface area contributed by atoms with Crippen molar-refractivity contribution in [3.05, 3.63) is 33.8 Å². The summed E-state index contributed by atoms with van der Waals surface area (Å²) in [6.07, 6.45) is 2.43. The zero-order chi connectivity index (χ0) is 9.26. The van der Waals surface area contributed by atoms with Gasteiger partial charge in [-0.25, -0.2) is 0 Å². The molecule has 2 rings (SSSR count). The lowest BCUT2D eigenvalue weighted by Crippen LogP contribution is -2.12. The van der Waals surface area contributed by atoms with Crippen molar-refractivity contribution in [3.63, 3.8) is 0 Å². The molecule has 0 amide bonds. The standard InChI is InChI=1S/C10H11Cl2N.ClH/c11-8-4-3-7(6-9(8)12)10-2-1-5-13-10;/h3-4,6,10,13H,1-2,5H2;1H/t10-;/m0./s1. The first-order valence-corrected chi connectivity index (χ1v) is 5.21. The molecule has 0 unspecified atom stereocenters. The Hall–Kier alpha value is 0.0500. The van der Waals surface area contributed by atoms with Crippen LogP contribution in [0.25, 0.3) is 0 Å². The molecule has 1 atom stereocenters. The van der Waals surface area contributed by atoms with Crippen molar-refractivity contribution in [1.82, 2.24) is 5.32 Å². The molecular formula is C10H12Cl3N. The number of benzene rings is 1. The molecule has 0 aromatic heterocycles. The van der Waals surface area contributed by atoms with E-state index in [0.717, 1.165) is 6.54 Å². The van der Waals surface area contributed by atoms with Crippen molar-refractivity contribution in [2.45, 2.75) is 18.9 Å². The average Bonchev–Trinajstić information content (AvgIpc) is 2.62. The molecule has 1 heterocycles. The highest BCUT2D eigenvalue weighted by atomic mass is 35.5. The summed E-state index contributed by atoms with van der Waals surface area (Å²) in [6.45, 7) is 1.10. The second-order valence-corrected chi connectivity index (χ2v) is 4.14. The van der Waals surface area contributed by atoms with E-state index >= 15 is 0 Å². The van der Waals surface area contributed by atoms with E-state index in [4.69, 9.17) is 23.2 Å². The van der Waals surface area contributed by atoms with Crippen molar-refractivity contribution in [2.24, 2.45) is 0 Å². The first-order valence-electron chi connectivity index (χ1n) is 4.46. The lowest BCUT2D eigenvalue weighted by atomic mass is 10.1. The van der Waals surface area contributed by atoms with E-state index in [1.165, 1.54) is 18.4 Å². The smallest absolute Gasteiger partial charge is 0.0595 e. The SMILES string of the molecule is Cl.Clc1ccc([C@@H]2CCCN2)cc1Cl. The third-order valence-corrected chi connectivity index (χ3v) is 3.15. The molecule has 1 nitrogen and oxygen atoms in total. The molecular weight excluding hydrogens is 240 g/mol. The molecule has 1 fully saturated rings. The molecule has 0 saturated carbocycles. The number of hydrogen-bond donors (Lipinski definition) is 1. The van der Waals surface area contributed by atoms with Gasteiger partial charge < -0.3 is 5.32 Å². The normalized spacial score (nSPS) is 20.6. The fraction of sp³-hybridized carbons (Fsp3) is 0.400. The van der Waals surface area contributed by atoms with E-state index < -0.39 is 0 Å². The largest absolute Gasteiger partial charge is 0.310 e. The third kappa shape index (κ3) is 2.54. The van der Waals surface area contributed by atoms with E-state index in [9.17, 15) is 0 Å². The van der Waals surface area contributed by atoms with Gasteiger partial charge in [-0.3, -0.25) is 0 Å². The fourth-order valence-electron chi connectivity index (χ4n) is 1.70. The molecule has 1 aromatic rings. The van der Waals surface area contributed by atoms with Gasteiger partial charge in [0.05, 0.1) is 10.0 Å². The predicted molar refractivity (Wildman–Crippen MR) is 63.7 cm³/mol. The Morgan fingerprint density at radius 1 is 1.21 bits per heavy atom. The fourth-order valence-corrected chi connectivity index (χ4v) is 2.00. The van der Waals surface area contributed by atoms with Gasteiger partial charge in [0.2, 0.25) is 0 Å². The van der Waals surface area contributed by atoms with E-state index in [2.05, 4.69) is 5.32 Å². The quantitative estimate of drug-likeness (QED) is 0.801. The lowest BCUT2D eigenvalue weighted by Gasteiger charge is -2.10. The first kappa shape index (κ1) is 12.1.